The minimum Gasteiger partial charge on any atom is -0.478 e. The standard InChI is InChI=1S/C7H13NO3/c1-6(9)5-8-4-2-3-7(10)11/h2-3,6,8-9H,4-5H2,1H3,(H,10,11)/b3-2+. The van der Waals surface area contributed by atoms with E-state index in [0.717, 1.165) is 6.08 Å². The fourth-order valence-electron chi connectivity index (χ4n) is 0.535. The molecule has 0 aromatic heterocycles. The average Bonchev–Trinajstić information content (AvgIpc) is 1.85. The van der Waals surface area contributed by atoms with Crippen molar-refractivity contribution in [3.63, 3.8) is 0 Å². The number of nitrogens with one attached hydrogen (secondary N) is 1. The molecule has 0 bridgehead atoms. The van der Waals surface area contributed by atoms with Crippen LogP contribution in [0.15, 0.2) is 12.2 Å². The summed E-state index contributed by atoms with van der Waals surface area (Å²) in [4.78, 5) is 9.93. The van der Waals surface area contributed by atoms with Gasteiger partial charge >= 0.3 is 5.97 Å². The van der Waals surface area contributed by atoms with Crippen LogP contribution < -0.4 is 5.32 Å². The van der Waals surface area contributed by atoms with Crippen molar-refractivity contribution in [1.29, 1.82) is 0 Å². The van der Waals surface area contributed by atoms with Gasteiger partial charge in [-0.2, -0.15) is 0 Å². The van der Waals surface area contributed by atoms with Crippen LogP contribution in [0.3, 0.4) is 0 Å². The summed E-state index contributed by atoms with van der Waals surface area (Å²) in [5.41, 5.74) is 0. The highest BCUT2D eigenvalue weighted by atomic mass is 16.4. The van der Waals surface area contributed by atoms with Crippen LogP contribution in [0.1, 0.15) is 6.92 Å². The monoisotopic (exact) mass is 159 g/mol. The number of aliphatic carboxylic acids is 1. The van der Waals surface area contributed by atoms with E-state index in [0.29, 0.717) is 13.1 Å². The largest absolute Gasteiger partial charge is 0.478 e. The van der Waals surface area contributed by atoms with E-state index in [1.54, 1.807) is 6.92 Å². The fraction of sp³-hybridized carbons (Fsp3) is 0.571. The summed E-state index contributed by atoms with van der Waals surface area (Å²) < 4.78 is 0. The molecule has 4 heteroatoms. The van der Waals surface area contributed by atoms with Crippen molar-refractivity contribution >= 4 is 5.97 Å². The van der Waals surface area contributed by atoms with Gasteiger partial charge in [-0.15, -0.1) is 0 Å². The van der Waals surface area contributed by atoms with Crippen molar-refractivity contribution < 1.29 is 15.0 Å². The van der Waals surface area contributed by atoms with Gasteiger partial charge in [0.05, 0.1) is 6.10 Å². The summed E-state index contributed by atoms with van der Waals surface area (Å²) in [6, 6.07) is 0. The highest BCUT2D eigenvalue weighted by Gasteiger charge is 1.91. The zero-order valence-corrected chi connectivity index (χ0v) is 6.45. The number of carbonyl (C=O) groups is 1. The SMILES string of the molecule is CC(O)CNC/C=C/C(=O)O. The first-order chi connectivity index (χ1) is 5.13. The molecule has 4 nitrogen and oxygen atoms in total. The molecule has 0 radical (unpaired) electrons. The van der Waals surface area contributed by atoms with Gasteiger partial charge in [-0.05, 0) is 6.92 Å². The van der Waals surface area contributed by atoms with Crippen LogP contribution in [0, 0.1) is 0 Å². The number of hydrogen-bond donors (Lipinski definition) is 3. The third-order valence-electron chi connectivity index (χ3n) is 0.962. The first-order valence-corrected chi connectivity index (χ1v) is 3.41. The molecule has 64 valence electrons. The Labute approximate surface area is 65.5 Å². The van der Waals surface area contributed by atoms with Gasteiger partial charge in [-0.1, -0.05) is 6.08 Å². The van der Waals surface area contributed by atoms with Gasteiger partial charge in [0.2, 0.25) is 0 Å². The lowest BCUT2D eigenvalue weighted by Gasteiger charge is -2.02. The van der Waals surface area contributed by atoms with E-state index >= 15 is 0 Å². The first kappa shape index (κ1) is 10.1. The van der Waals surface area contributed by atoms with Crippen LogP contribution in [-0.2, 0) is 4.79 Å². The van der Waals surface area contributed by atoms with E-state index in [-0.39, 0.29) is 0 Å². The van der Waals surface area contributed by atoms with Crippen LogP contribution >= 0.6 is 0 Å². The van der Waals surface area contributed by atoms with E-state index in [1.807, 2.05) is 0 Å². The lowest BCUT2D eigenvalue weighted by molar-refractivity contribution is -0.131. The zero-order valence-electron chi connectivity index (χ0n) is 6.45. The molecule has 0 aromatic rings. The molecule has 0 saturated carbocycles. The van der Waals surface area contributed by atoms with Gasteiger partial charge in [-0.25, -0.2) is 4.79 Å². The van der Waals surface area contributed by atoms with Gasteiger partial charge in [0.1, 0.15) is 0 Å². The molecule has 0 fully saturated rings. The number of aliphatic hydroxyl groups excluding tert-OH is 1. The zero-order chi connectivity index (χ0) is 8.69. The molecule has 0 spiro atoms. The average molecular weight is 159 g/mol. The molecule has 0 rings (SSSR count). The Bertz CT molecular complexity index is 143. The van der Waals surface area contributed by atoms with E-state index in [1.165, 1.54) is 6.08 Å². The van der Waals surface area contributed by atoms with E-state index in [9.17, 15) is 4.79 Å². The number of carboxylic acid groups (broad SMARTS) is 1. The Balaban J connectivity index is 3.21. The van der Waals surface area contributed by atoms with Gasteiger partial charge in [0, 0.05) is 19.2 Å². The molecule has 3 N–H and O–H groups in total. The van der Waals surface area contributed by atoms with Gasteiger partial charge in [0.15, 0.2) is 0 Å². The topological polar surface area (TPSA) is 69.6 Å². The molecule has 11 heavy (non-hydrogen) atoms. The van der Waals surface area contributed by atoms with Crippen molar-refractivity contribution in [3.8, 4) is 0 Å². The summed E-state index contributed by atoms with van der Waals surface area (Å²) in [7, 11) is 0. The molecule has 0 saturated heterocycles. The number of rotatable bonds is 5. The Kier molecular flexibility index (Phi) is 5.42. The molecule has 1 atom stereocenters. The van der Waals surface area contributed by atoms with E-state index < -0.39 is 12.1 Å². The lowest BCUT2D eigenvalue weighted by atomic mass is 10.4. The van der Waals surface area contributed by atoms with Gasteiger partial charge < -0.3 is 15.5 Å². The highest BCUT2D eigenvalue weighted by Crippen LogP contribution is 1.75. The highest BCUT2D eigenvalue weighted by molar-refractivity contribution is 5.79. The van der Waals surface area contributed by atoms with Crippen LogP contribution in [0.25, 0.3) is 0 Å². The Morgan fingerprint density at radius 1 is 1.73 bits per heavy atom. The molecule has 0 aliphatic carbocycles. The molecule has 0 heterocycles. The number of hydrogen-bond acceptors (Lipinski definition) is 3. The number of carboxylic acids is 1. The normalized spacial score (nSPS) is 13.6. The third kappa shape index (κ3) is 9.13. The minimum atomic E-state index is -0.955. The molecular weight excluding hydrogens is 146 g/mol. The van der Waals surface area contributed by atoms with Gasteiger partial charge in [-0.3, -0.25) is 0 Å². The summed E-state index contributed by atoms with van der Waals surface area (Å²) in [5, 5.41) is 19.8. The quantitative estimate of drug-likeness (QED) is 0.377. The minimum absolute atomic E-state index is 0.395. The van der Waals surface area contributed by atoms with Crippen LogP contribution in [0.2, 0.25) is 0 Å². The maximum atomic E-state index is 9.93. The van der Waals surface area contributed by atoms with Crippen molar-refractivity contribution in [3.05, 3.63) is 12.2 Å². The van der Waals surface area contributed by atoms with Crippen LogP contribution in [0.4, 0.5) is 0 Å². The Morgan fingerprint density at radius 3 is 2.82 bits per heavy atom. The maximum Gasteiger partial charge on any atom is 0.328 e. The van der Waals surface area contributed by atoms with E-state index in [4.69, 9.17) is 10.2 Å². The van der Waals surface area contributed by atoms with Crippen LogP contribution in [-0.4, -0.2) is 35.4 Å². The lowest BCUT2D eigenvalue weighted by Crippen LogP contribution is -2.24. The van der Waals surface area contributed by atoms with Gasteiger partial charge in [0.25, 0.3) is 0 Å². The predicted molar refractivity (Wildman–Crippen MR) is 41.3 cm³/mol. The van der Waals surface area contributed by atoms with Crippen LogP contribution in [0.5, 0.6) is 0 Å². The second-order valence-electron chi connectivity index (χ2n) is 2.25. The van der Waals surface area contributed by atoms with Crippen molar-refractivity contribution in [1.82, 2.24) is 5.32 Å². The molecule has 0 aliphatic rings. The number of aliphatic hydroxyl groups is 1. The Hall–Kier alpha value is -0.870. The molecular formula is C7H13NO3. The summed E-state index contributed by atoms with van der Waals surface area (Å²) in [6.45, 7) is 2.61. The smallest absolute Gasteiger partial charge is 0.328 e. The van der Waals surface area contributed by atoms with Crippen molar-refractivity contribution in [2.75, 3.05) is 13.1 Å². The maximum absolute atomic E-state index is 9.93. The predicted octanol–water partition coefficient (Wildman–Crippen LogP) is -0.402. The fourth-order valence-corrected chi connectivity index (χ4v) is 0.535. The summed E-state index contributed by atoms with van der Waals surface area (Å²) in [6.07, 6.45) is 2.16. The molecule has 0 aliphatic heterocycles. The summed E-state index contributed by atoms with van der Waals surface area (Å²) >= 11 is 0. The van der Waals surface area contributed by atoms with Crippen molar-refractivity contribution in [2.24, 2.45) is 0 Å². The second-order valence-corrected chi connectivity index (χ2v) is 2.25. The molecule has 0 aromatic carbocycles. The van der Waals surface area contributed by atoms with E-state index in [2.05, 4.69) is 5.32 Å². The van der Waals surface area contributed by atoms with Crippen molar-refractivity contribution in [2.45, 2.75) is 13.0 Å². The molecule has 0 amide bonds. The second kappa shape index (κ2) is 5.88. The third-order valence-corrected chi connectivity index (χ3v) is 0.962. The first-order valence-electron chi connectivity index (χ1n) is 3.41. The Morgan fingerprint density at radius 2 is 2.36 bits per heavy atom. The summed E-state index contributed by atoms with van der Waals surface area (Å²) in [5.74, 6) is -0.955. The molecule has 1 unspecified atom stereocenters.